The molecule has 10 heteroatoms. The first-order valence-corrected chi connectivity index (χ1v) is 9.01. The zero-order valence-electron chi connectivity index (χ0n) is 13.1. The largest absolute Gasteiger partial charge is 0.472 e. The van der Waals surface area contributed by atoms with E-state index < -0.39 is 31.9 Å². The summed E-state index contributed by atoms with van der Waals surface area (Å²) in [6.07, 6.45) is 1.48. The number of anilines is 1. The fraction of sp³-hybridized carbons (Fsp3) is 0.692. The average molecular weight is 347 g/mol. The maximum Gasteiger partial charge on any atom is 0.472 e. The number of phosphoric ester groups is 1. The molecule has 4 atom stereocenters. The van der Waals surface area contributed by atoms with E-state index in [1.165, 1.54) is 16.8 Å². The van der Waals surface area contributed by atoms with Crippen molar-refractivity contribution in [3.05, 3.63) is 22.7 Å². The van der Waals surface area contributed by atoms with Crippen LogP contribution in [0.3, 0.4) is 0 Å². The third kappa shape index (κ3) is 4.62. The van der Waals surface area contributed by atoms with Crippen LogP contribution in [0.25, 0.3) is 0 Å². The molecule has 9 nitrogen and oxygen atoms in total. The van der Waals surface area contributed by atoms with Crippen LogP contribution in [0, 0.1) is 0 Å². The van der Waals surface area contributed by atoms with Gasteiger partial charge in [0.15, 0.2) is 0 Å². The first-order chi connectivity index (χ1) is 10.9. The lowest BCUT2D eigenvalue weighted by molar-refractivity contribution is -0.0253. The third-order valence-corrected chi connectivity index (χ3v) is 4.60. The highest BCUT2D eigenvalue weighted by Crippen LogP contribution is 2.48. The van der Waals surface area contributed by atoms with Crippen molar-refractivity contribution in [2.24, 2.45) is 0 Å². The highest BCUT2D eigenvalue weighted by molar-refractivity contribution is 7.47. The Kier molecular flexibility index (Phi) is 5.94. The smallest absolute Gasteiger partial charge is 0.383 e. The molecule has 1 aliphatic heterocycles. The van der Waals surface area contributed by atoms with Gasteiger partial charge in [-0.15, -0.1) is 0 Å². The summed E-state index contributed by atoms with van der Waals surface area (Å²) in [4.78, 5) is 25.2. The van der Waals surface area contributed by atoms with Gasteiger partial charge in [-0.25, -0.2) is 9.36 Å². The lowest BCUT2D eigenvalue weighted by Crippen LogP contribution is -2.27. The van der Waals surface area contributed by atoms with Crippen molar-refractivity contribution in [2.75, 3.05) is 12.3 Å². The van der Waals surface area contributed by atoms with Crippen molar-refractivity contribution in [1.82, 2.24) is 9.55 Å². The van der Waals surface area contributed by atoms with Gasteiger partial charge in [-0.1, -0.05) is 13.3 Å². The summed E-state index contributed by atoms with van der Waals surface area (Å²) in [5, 5.41) is 0. The second kappa shape index (κ2) is 7.55. The van der Waals surface area contributed by atoms with Crippen LogP contribution in [0.5, 0.6) is 0 Å². The van der Waals surface area contributed by atoms with Gasteiger partial charge in [0.05, 0.1) is 18.8 Å². The molecule has 1 aliphatic rings. The van der Waals surface area contributed by atoms with Crippen molar-refractivity contribution in [3.63, 3.8) is 0 Å². The van der Waals surface area contributed by atoms with E-state index >= 15 is 0 Å². The van der Waals surface area contributed by atoms with Gasteiger partial charge in [0.1, 0.15) is 12.0 Å². The molecule has 0 aromatic carbocycles. The highest BCUT2D eigenvalue weighted by atomic mass is 31.2. The highest BCUT2D eigenvalue weighted by Gasteiger charge is 2.41. The lowest BCUT2D eigenvalue weighted by atomic mass is 10.1. The van der Waals surface area contributed by atoms with E-state index in [0.717, 1.165) is 6.42 Å². The normalized spacial score (nSPS) is 27.0. The molecule has 0 amide bonds. The van der Waals surface area contributed by atoms with Gasteiger partial charge >= 0.3 is 13.5 Å². The topological polar surface area (TPSA) is 126 Å². The van der Waals surface area contributed by atoms with Crippen LogP contribution in [-0.4, -0.2) is 33.3 Å². The maximum atomic E-state index is 11.9. The van der Waals surface area contributed by atoms with Crippen LogP contribution >= 0.6 is 7.82 Å². The van der Waals surface area contributed by atoms with Crippen LogP contribution in [0.1, 0.15) is 39.3 Å². The molecule has 23 heavy (non-hydrogen) atoms. The number of ether oxygens (including phenoxy) is 1. The minimum atomic E-state index is -4.14. The summed E-state index contributed by atoms with van der Waals surface area (Å²) in [7, 11) is -4.14. The van der Waals surface area contributed by atoms with E-state index in [2.05, 4.69) is 4.98 Å². The molecule has 2 heterocycles. The summed E-state index contributed by atoms with van der Waals surface area (Å²) in [5.41, 5.74) is 4.93. The molecular weight excluding hydrogens is 325 g/mol. The fourth-order valence-corrected chi connectivity index (χ4v) is 3.48. The molecule has 0 radical (unpaired) electrons. The molecule has 1 unspecified atom stereocenters. The molecular formula is C13H22N3O6P. The standard InChI is InChI=1S/C13H22N3O6P/c1-3-5-9-10(22-23(18,19)20-4-2)8-12(21-9)16-7-6-11(14)15-13(16)17/h6-7,9-10,12H,3-5,8H2,1-2H3,(H,18,19)(H2,14,15,17)/t9-,10+,12-/m1/s1. The van der Waals surface area contributed by atoms with Crippen LogP contribution < -0.4 is 11.4 Å². The Bertz CT molecular complexity index is 636. The Hall–Kier alpha value is -1.25. The van der Waals surface area contributed by atoms with Gasteiger partial charge in [0.2, 0.25) is 0 Å². The zero-order chi connectivity index (χ0) is 17.0. The number of aromatic nitrogens is 2. The molecule has 1 aromatic heterocycles. The molecule has 2 rings (SSSR count). The number of nitrogen functional groups attached to an aromatic ring is 1. The number of nitrogens with zero attached hydrogens (tertiary/aromatic N) is 2. The minimum absolute atomic E-state index is 0.0601. The molecule has 1 aromatic rings. The van der Waals surface area contributed by atoms with E-state index in [9.17, 15) is 14.3 Å². The van der Waals surface area contributed by atoms with Crippen molar-refractivity contribution < 1.29 is 23.2 Å². The Morgan fingerprint density at radius 2 is 2.30 bits per heavy atom. The second-order valence-corrected chi connectivity index (χ2v) is 6.63. The molecule has 1 fully saturated rings. The summed E-state index contributed by atoms with van der Waals surface area (Å²) in [6.45, 7) is 3.62. The van der Waals surface area contributed by atoms with Gasteiger partial charge in [-0.05, 0) is 19.4 Å². The Morgan fingerprint density at radius 3 is 2.91 bits per heavy atom. The second-order valence-electron chi connectivity index (χ2n) is 5.23. The summed E-state index contributed by atoms with van der Waals surface area (Å²) < 4.78 is 28.9. The van der Waals surface area contributed by atoms with Crippen LogP contribution in [0.15, 0.2) is 17.1 Å². The number of phosphoric acid groups is 1. The Balaban J connectivity index is 2.17. The van der Waals surface area contributed by atoms with Crippen LogP contribution in [0.4, 0.5) is 5.82 Å². The number of nitrogens with two attached hydrogens (primary N) is 1. The number of rotatable bonds is 7. The molecule has 0 bridgehead atoms. The molecule has 130 valence electrons. The quantitative estimate of drug-likeness (QED) is 0.710. The van der Waals surface area contributed by atoms with Crippen molar-refractivity contribution in [1.29, 1.82) is 0 Å². The monoisotopic (exact) mass is 347 g/mol. The van der Waals surface area contributed by atoms with Gasteiger partial charge < -0.3 is 15.4 Å². The Morgan fingerprint density at radius 1 is 1.57 bits per heavy atom. The molecule has 0 aliphatic carbocycles. The molecule has 0 saturated carbocycles. The number of hydrogen-bond donors (Lipinski definition) is 2. The fourth-order valence-electron chi connectivity index (χ4n) is 2.53. The Labute approximate surface area is 134 Å². The van der Waals surface area contributed by atoms with E-state index in [1.807, 2.05) is 6.92 Å². The van der Waals surface area contributed by atoms with Crippen molar-refractivity contribution >= 4 is 13.6 Å². The van der Waals surface area contributed by atoms with Gasteiger partial charge in [-0.3, -0.25) is 13.6 Å². The minimum Gasteiger partial charge on any atom is -0.383 e. The predicted octanol–water partition coefficient (Wildman–Crippen LogP) is 1.44. The van der Waals surface area contributed by atoms with Gasteiger partial charge in [0, 0.05) is 12.6 Å². The van der Waals surface area contributed by atoms with Crippen molar-refractivity contribution in [3.8, 4) is 0 Å². The molecule has 3 N–H and O–H groups in total. The molecule has 0 spiro atoms. The van der Waals surface area contributed by atoms with E-state index in [-0.39, 0.29) is 18.8 Å². The van der Waals surface area contributed by atoms with Crippen LogP contribution in [0.2, 0.25) is 0 Å². The van der Waals surface area contributed by atoms with E-state index in [4.69, 9.17) is 19.5 Å². The van der Waals surface area contributed by atoms with Crippen LogP contribution in [-0.2, 0) is 18.3 Å². The summed E-state index contributed by atoms with van der Waals surface area (Å²) >= 11 is 0. The third-order valence-electron chi connectivity index (χ3n) is 3.48. The first kappa shape index (κ1) is 18.1. The average Bonchev–Trinajstić information content (AvgIpc) is 2.81. The first-order valence-electron chi connectivity index (χ1n) is 7.52. The molecule has 1 saturated heterocycles. The summed E-state index contributed by atoms with van der Waals surface area (Å²) in [6, 6.07) is 1.49. The van der Waals surface area contributed by atoms with Crippen molar-refractivity contribution in [2.45, 2.75) is 51.5 Å². The van der Waals surface area contributed by atoms with E-state index in [1.54, 1.807) is 6.92 Å². The lowest BCUT2D eigenvalue weighted by Gasteiger charge is -2.20. The van der Waals surface area contributed by atoms with Gasteiger partial charge in [-0.2, -0.15) is 4.98 Å². The number of hydrogen-bond acceptors (Lipinski definition) is 7. The predicted molar refractivity (Wildman–Crippen MR) is 82.7 cm³/mol. The SMILES string of the molecule is CCC[C@H]1O[C@@H](n2ccc(N)nc2=O)C[C@@H]1OP(=O)(O)OCC. The van der Waals surface area contributed by atoms with E-state index in [0.29, 0.717) is 6.42 Å². The summed E-state index contributed by atoms with van der Waals surface area (Å²) in [5.74, 6) is 0.123. The maximum absolute atomic E-state index is 11.9. The zero-order valence-corrected chi connectivity index (χ0v) is 14.0. The van der Waals surface area contributed by atoms with Gasteiger partial charge in [0.25, 0.3) is 0 Å².